The third-order valence-electron chi connectivity index (χ3n) is 11.5. The van der Waals surface area contributed by atoms with Crippen molar-refractivity contribution in [1.82, 2.24) is 0 Å². The molecule has 0 bridgehead atoms. The van der Waals surface area contributed by atoms with Crippen molar-refractivity contribution in [3.8, 4) is 23.3 Å². The molecular formula is C53H36N4. The molecule has 0 radical (unpaired) electrons. The minimum Gasteiger partial charge on any atom is -0.310 e. The number of hydrogen-bond acceptors (Lipinski definition) is 4. The number of nitrogens with zero attached hydrogens (tertiary/aromatic N) is 4. The summed E-state index contributed by atoms with van der Waals surface area (Å²) in [6, 6.07) is 68.1. The maximum absolute atomic E-state index is 9.79. The third kappa shape index (κ3) is 5.50. The van der Waals surface area contributed by atoms with Gasteiger partial charge >= 0.3 is 0 Å². The highest BCUT2D eigenvalue weighted by Crippen LogP contribution is 2.56. The Bertz CT molecular complexity index is 3130. The van der Waals surface area contributed by atoms with Gasteiger partial charge in [0.2, 0.25) is 0 Å². The van der Waals surface area contributed by atoms with E-state index < -0.39 is 0 Å². The van der Waals surface area contributed by atoms with Crippen molar-refractivity contribution in [3.05, 3.63) is 204 Å². The van der Waals surface area contributed by atoms with Crippen LogP contribution in [0.1, 0.15) is 36.1 Å². The molecule has 1 aliphatic rings. The summed E-state index contributed by atoms with van der Waals surface area (Å²) in [7, 11) is 0. The Labute approximate surface area is 332 Å². The highest BCUT2D eigenvalue weighted by atomic mass is 15.1. The van der Waals surface area contributed by atoms with Gasteiger partial charge in [-0.25, -0.2) is 0 Å². The van der Waals surface area contributed by atoms with Crippen LogP contribution >= 0.6 is 0 Å². The summed E-state index contributed by atoms with van der Waals surface area (Å²) in [5.41, 5.74) is 12.2. The first-order valence-corrected chi connectivity index (χ1v) is 19.2. The van der Waals surface area contributed by atoms with Crippen LogP contribution in [0.4, 0.5) is 34.1 Å². The van der Waals surface area contributed by atoms with Crippen molar-refractivity contribution < 1.29 is 0 Å². The molecule has 4 nitrogen and oxygen atoms in total. The summed E-state index contributed by atoms with van der Waals surface area (Å²) in [5, 5.41) is 26.8. The van der Waals surface area contributed by atoms with Crippen LogP contribution in [0.3, 0.4) is 0 Å². The van der Waals surface area contributed by atoms with Crippen molar-refractivity contribution in [2.75, 3.05) is 9.80 Å². The predicted molar refractivity (Wildman–Crippen MR) is 235 cm³/mol. The van der Waals surface area contributed by atoms with Gasteiger partial charge in [0.05, 0.1) is 23.3 Å². The molecule has 0 heterocycles. The average molecular weight is 729 g/mol. The zero-order valence-corrected chi connectivity index (χ0v) is 31.6. The number of benzene rings is 9. The topological polar surface area (TPSA) is 54.1 Å². The quantitative estimate of drug-likeness (QED) is 0.160. The third-order valence-corrected chi connectivity index (χ3v) is 11.5. The van der Waals surface area contributed by atoms with Crippen LogP contribution in [0.25, 0.3) is 43.4 Å². The Morgan fingerprint density at radius 1 is 0.404 bits per heavy atom. The summed E-state index contributed by atoms with van der Waals surface area (Å²) >= 11 is 0. The van der Waals surface area contributed by atoms with Crippen LogP contribution in [0.15, 0.2) is 182 Å². The molecule has 9 aromatic carbocycles. The lowest BCUT2D eigenvalue weighted by Crippen LogP contribution is -2.16. The van der Waals surface area contributed by atoms with E-state index in [1.54, 1.807) is 0 Å². The summed E-state index contributed by atoms with van der Waals surface area (Å²) in [4.78, 5) is 4.46. The van der Waals surface area contributed by atoms with E-state index in [9.17, 15) is 10.5 Å². The van der Waals surface area contributed by atoms with E-state index in [4.69, 9.17) is 0 Å². The van der Waals surface area contributed by atoms with Crippen LogP contribution in [0, 0.1) is 22.7 Å². The second kappa shape index (κ2) is 13.3. The molecule has 0 fully saturated rings. The molecule has 0 saturated heterocycles. The molecule has 0 unspecified atom stereocenters. The van der Waals surface area contributed by atoms with Gasteiger partial charge in [0.1, 0.15) is 0 Å². The standard InChI is InChI=1S/C53H36N4/c1-53(2)50-31-38-29-43(56(39-15-5-3-6-16-39)41-19-11-13-35(27-41)33-54)24-23-37(38)30-49(50)51-46-22-10-9-21-45(46)48-32-44(25-26-47(48)52(51)53)57(40-17-7-4-8-18-40)42-20-12-14-36(28-42)34-55/h3-32H,1-2H3. The summed E-state index contributed by atoms with van der Waals surface area (Å²) in [5.74, 6) is 0. The summed E-state index contributed by atoms with van der Waals surface area (Å²) in [6.07, 6.45) is 0. The number of hydrogen-bond donors (Lipinski definition) is 0. The number of anilines is 6. The van der Waals surface area contributed by atoms with Gasteiger partial charge in [-0.2, -0.15) is 10.5 Å². The molecule has 0 atom stereocenters. The Balaban J connectivity index is 1.16. The van der Waals surface area contributed by atoms with Crippen LogP contribution in [0.2, 0.25) is 0 Å². The van der Waals surface area contributed by atoms with Gasteiger partial charge < -0.3 is 9.80 Å². The lowest BCUT2D eigenvalue weighted by atomic mass is 9.79. The first-order chi connectivity index (χ1) is 27.9. The second-order valence-electron chi connectivity index (χ2n) is 15.2. The predicted octanol–water partition coefficient (Wildman–Crippen LogP) is 14.1. The van der Waals surface area contributed by atoms with Crippen molar-refractivity contribution in [2.24, 2.45) is 0 Å². The molecule has 0 N–H and O–H groups in total. The minimum absolute atomic E-state index is 0.293. The number of rotatable bonds is 6. The second-order valence-corrected chi connectivity index (χ2v) is 15.2. The SMILES string of the molecule is CC1(C)c2cc3cc(N(c4ccccc4)c4cccc(C#N)c4)ccc3cc2-c2c1c1ccc(N(c3ccccc3)c3cccc(C#N)c3)cc1c1ccccc21. The first kappa shape index (κ1) is 33.9. The van der Waals surface area contributed by atoms with Crippen molar-refractivity contribution in [3.63, 3.8) is 0 Å². The molecule has 0 spiro atoms. The molecule has 0 aliphatic heterocycles. The zero-order valence-electron chi connectivity index (χ0n) is 31.6. The van der Waals surface area contributed by atoms with Crippen LogP contribution < -0.4 is 9.80 Å². The first-order valence-electron chi connectivity index (χ1n) is 19.2. The summed E-state index contributed by atoms with van der Waals surface area (Å²) in [6.45, 7) is 4.73. The fourth-order valence-electron chi connectivity index (χ4n) is 9.01. The largest absolute Gasteiger partial charge is 0.310 e. The maximum atomic E-state index is 9.79. The van der Waals surface area contributed by atoms with Crippen molar-refractivity contribution in [1.29, 1.82) is 10.5 Å². The molecule has 10 rings (SSSR count). The lowest BCUT2D eigenvalue weighted by molar-refractivity contribution is 0.667. The molecule has 0 saturated carbocycles. The average Bonchev–Trinajstić information content (AvgIpc) is 3.49. The normalized spacial score (nSPS) is 12.5. The van der Waals surface area contributed by atoms with Crippen LogP contribution in [0.5, 0.6) is 0 Å². The van der Waals surface area contributed by atoms with Crippen molar-refractivity contribution in [2.45, 2.75) is 19.3 Å². The fraction of sp³-hybridized carbons (Fsp3) is 0.0566. The molecule has 0 aromatic heterocycles. The fourth-order valence-corrected chi connectivity index (χ4v) is 9.01. The minimum atomic E-state index is -0.293. The van der Waals surface area contributed by atoms with Gasteiger partial charge in [-0.05, 0) is 152 Å². The molecule has 57 heavy (non-hydrogen) atoms. The Hall–Kier alpha value is -7.66. The Morgan fingerprint density at radius 2 is 0.930 bits per heavy atom. The molecule has 0 amide bonds. The number of para-hydroxylation sites is 2. The Morgan fingerprint density at radius 3 is 1.54 bits per heavy atom. The van der Waals surface area contributed by atoms with E-state index in [1.165, 1.54) is 54.6 Å². The van der Waals surface area contributed by atoms with E-state index in [0.29, 0.717) is 11.1 Å². The number of nitriles is 2. The zero-order chi connectivity index (χ0) is 38.7. The highest BCUT2D eigenvalue weighted by molar-refractivity contribution is 6.19. The van der Waals surface area contributed by atoms with Crippen LogP contribution in [-0.2, 0) is 5.41 Å². The van der Waals surface area contributed by atoms with Gasteiger partial charge in [-0.1, -0.05) is 98.8 Å². The van der Waals surface area contributed by atoms with Gasteiger partial charge in [0.15, 0.2) is 0 Å². The van der Waals surface area contributed by atoms with E-state index in [2.05, 4.69) is 157 Å². The molecule has 9 aromatic rings. The monoisotopic (exact) mass is 728 g/mol. The van der Waals surface area contributed by atoms with Gasteiger partial charge in [0.25, 0.3) is 0 Å². The molecular weight excluding hydrogens is 693 g/mol. The smallest absolute Gasteiger partial charge is 0.0992 e. The van der Waals surface area contributed by atoms with Gasteiger partial charge in [-0.15, -0.1) is 0 Å². The summed E-state index contributed by atoms with van der Waals surface area (Å²) < 4.78 is 0. The van der Waals surface area contributed by atoms with E-state index >= 15 is 0 Å². The number of fused-ring (bicyclic) bond motifs is 9. The highest BCUT2D eigenvalue weighted by Gasteiger charge is 2.39. The Kier molecular flexibility index (Phi) is 7.89. The molecule has 1 aliphatic carbocycles. The van der Waals surface area contributed by atoms with Crippen molar-refractivity contribution >= 4 is 66.4 Å². The van der Waals surface area contributed by atoms with Crippen LogP contribution in [-0.4, -0.2) is 0 Å². The van der Waals surface area contributed by atoms with Gasteiger partial charge in [-0.3, -0.25) is 0 Å². The van der Waals surface area contributed by atoms with E-state index in [1.807, 2.05) is 60.7 Å². The lowest BCUT2D eigenvalue weighted by Gasteiger charge is -2.28. The van der Waals surface area contributed by atoms with Gasteiger partial charge in [0, 0.05) is 39.5 Å². The molecule has 268 valence electrons. The van der Waals surface area contributed by atoms with E-state index in [0.717, 1.165) is 34.1 Å². The van der Waals surface area contributed by atoms with E-state index in [-0.39, 0.29) is 5.41 Å². The molecule has 4 heteroatoms. The maximum Gasteiger partial charge on any atom is 0.0992 e.